The number of rotatable bonds is 5. The number of carbonyl (C=O) groups is 2. The van der Waals surface area contributed by atoms with E-state index < -0.39 is 0 Å². The summed E-state index contributed by atoms with van der Waals surface area (Å²) in [6, 6.07) is 7.38. The minimum absolute atomic E-state index is 0.106. The minimum atomic E-state index is -0.326. The van der Waals surface area contributed by atoms with E-state index >= 15 is 0 Å². The number of ether oxygens (including phenoxy) is 1. The number of amides is 1. The molecule has 23 heavy (non-hydrogen) atoms. The Morgan fingerprint density at radius 3 is 3.04 bits per heavy atom. The van der Waals surface area contributed by atoms with Gasteiger partial charge in [-0.2, -0.15) is 0 Å². The number of benzene rings is 1. The molecule has 0 bridgehead atoms. The highest BCUT2D eigenvalue weighted by molar-refractivity contribution is 7.14. The van der Waals surface area contributed by atoms with E-state index in [0.717, 1.165) is 10.9 Å². The summed E-state index contributed by atoms with van der Waals surface area (Å²) in [4.78, 5) is 31.0. The molecule has 6 nitrogen and oxygen atoms in total. The van der Waals surface area contributed by atoms with E-state index in [1.165, 1.54) is 11.3 Å². The molecule has 0 unspecified atom stereocenters. The van der Waals surface area contributed by atoms with Crippen molar-refractivity contribution in [1.82, 2.24) is 9.97 Å². The molecule has 0 fully saturated rings. The maximum absolute atomic E-state index is 12.3. The molecule has 0 aliphatic rings. The number of aromatic nitrogens is 2. The van der Waals surface area contributed by atoms with Crippen molar-refractivity contribution < 1.29 is 14.3 Å². The second-order valence-electron chi connectivity index (χ2n) is 4.86. The molecule has 0 saturated carbocycles. The number of nitrogens with one attached hydrogen (secondary N) is 2. The number of esters is 1. The number of H-pyrrole nitrogens is 1. The van der Waals surface area contributed by atoms with Crippen molar-refractivity contribution in [1.29, 1.82) is 0 Å². The molecule has 0 saturated heterocycles. The maximum atomic E-state index is 12.3. The summed E-state index contributed by atoms with van der Waals surface area (Å²) < 4.78 is 4.87. The van der Waals surface area contributed by atoms with Crippen molar-refractivity contribution >= 4 is 39.2 Å². The quantitative estimate of drug-likeness (QED) is 0.705. The third-order valence-electron chi connectivity index (χ3n) is 3.22. The van der Waals surface area contributed by atoms with Gasteiger partial charge >= 0.3 is 5.97 Å². The molecular formula is C16H15N3O3S. The number of anilines is 1. The molecule has 2 heterocycles. The molecule has 0 radical (unpaired) electrons. The largest absolute Gasteiger partial charge is 0.466 e. The van der Waals surface area contributed by atoms with Crippen molar-refractivity contribution in [2.75, 3.05) is 11.9 Å². The number of carbonyl (C=O) groups excluding carboxylic acids is 2. The van der Waals surface area contributed by atoms with E-state index in [9.17, 15) is 9.59 Å². The molecule has 1 aromatic carbocycles. The summed E-state index contributed by atoms with van der Waals surface area (Å²) >= 11 is 1.28. The lowest BCUT2D eigenvalue weighted by Gasteiger charge is -2.02. The number of hydrogen-bond acceptors (Lipinski definition) is 5. The van der Waals surface area contributed by atoms with Crippen LogP contribution in [-0.2, 0) is 16.0 Å². The maximum Gasteiger partial charge on any atom is 0.311 e. The number of thiazole rings is 1. The van der Waals surface area contributed by atoms with Crippen LogP contribution in [0.4, 0.5) is 5.13 Å². The van der Waals surface area contributed by atoms with E-state index in [1.807, 2.05) is 18.3 Å². The third-order valence-corrected chi connectivity index (χ3v) is 4.03. The molecule has 3 aromatic rings. The van der Waals surface area contributed by atoms with Gasteiger partial charge in [-0.25, -0.2) is 4.98 Å². The highest BCUT2D eigenvalue weighted by Gasteiger charge is 2.12. The number of fused-ring (bicyclic) bond motifs is 1. The number of hydrogen-bond donors (Lipinski definition) is 2. The molecule has 2 aromatic heterocycles. The fourth-order valence-electron chi connectivity index (χ4n) is 2.16. The van der Waals surface area contributed by atoms with Gasteiger partial charge in [0.05, 0.1) is 18.7 Å². The van der Waals surface area contributed by atoms with Crippen LogP contribution in [0.5, 0.6) is 0 Å². The van der Waals surface area contributed by atoms with E-state index in [1.54, 1.807) is 24.4 Å². The van der Waals surface area contributed by atoms with Gasteiger partial charge in [0.15, 0.2) is 5.13 Å². The predicted octanol–water partition coefficient (Wildman–Crippen LogP) is 2.98. The van der Waals surface area contributed by atoms with Gasteiger partial charge < -0.3 is 9.72 Å². The first kappa shape index (κ1) is 15.2. The fraction of sp³-hybridized carbons (Fsp3) is 0.188. The van der Waals surface area contributed by atoms with Crippen LogP contribution in [0.3, 0.4) is 0 Å². The highest BCUT2D eigenvalue weighted by Crippen LogP contribution is 2.19. The molecular weight excluding hydrogens is 314 g/mol. The summed E-state index contributed by atoms with van der Waals surface area (Å²) in [6.07, 6.45) is 1.93. The molecule has 7 heteroatoms. The van der Waals surface area contributed by atoms with Crippen LogP contribution in [0.1, 0.15) is 23.0 Å². The zero-order valence-electron chi connectivity index (χ0n) is 12.5. The Bertz CT molecular complexity index is 853. The Balaban J connectivity index is 1.67. The highest BCUT2D eigenvalue weighted by atomic mass is 32.1. The lowest BCUT2D eigenvalue weighted by atomic mass is 10.1. The molecule has 118 valence electrons. The zero-order valence-corrected chi connectivity index (χ0v) is 13.3. The van der Waals surface area contributed by atoms with Gasteiger partial charge in [0.2, 0.25) is 0 Å². The molecule has 0 aliphatic heterocycles. The zero-order chi connectivity index (χ0) is 16.2. The van der Waals surface area contributed by atoms with Crippen LogP contribution < -0.4 is 5.32 Å². The Hall–Kier alpha value is -2.67. The van der Waals surface area contributed by atoms with Crippen molar-refractivity contribution in [2.45, 2.75) is 13.3 Å². The van der Waals surface area contributed by atoms with Gasteiger partial charge in [-0.15, -0.1) is 11.3 Å². The summed E-state index contributed by atoms with van der Waals surface area (Å²) in [5.41, 5.74) is 2.03. The average Bonchev–Trinajstić information content (AvgIpc) is 3.15. The second-order valence-corrected chi connectivity index (χ2v) is 5.72. The standard InChI is InChI=1S/C16H15N3O3S/c1-2-22-14(20)8-12-9-23-16(18-12)19-15(21)11-4-3-10-5-6-17-13(10)7-11/h3-7,9,17H,2,8H2,1H3,(H,18,19,21). The molecule has 1 amide bonds. The average molecular weight is 329 g/mol. The summed E-state index contributed by atoms with van der Waals surface area (Å²) in [5, 5.41) is 5.99. The van der Waals surface area contributed by atoms with Gasteiger partial charge in [0, 0.05) is 22.7 Å². The topological polar surface area (TPSA) is 84.1 Å². The van der Waals surface area contributed by atoms with Crippen molar-refractivity contribution in [3.8, 4) is 0 Å². The number of aromatic amines is 1. The van der Waals surface area contributed by atoms with Crippen LogP contribution in [0.2, 0.25) is 0 Å². The summed E-state index contributed by atoms with van der Waals surface area (Å²) in [5.74, 6) is -0.564. The summed E-state index contributed by atoms with van der Waals surface area (Å²) in [6.45, 7) is 2.10. The lowest BCUT2D eigenvalue weighted by molar-refractivity contribution is -0.142. The van der Waals surface area contributed by atoms with Gasteiger partial charge in [-0.1, -0.05) is 6.07 Å². The van der Waals surface area contributed by atoms with E-state index in [0.29, 0.717) is 23.0 Å². The van der Waals surface area contributed by atoms with Gasteiger partial charge in [0.1, 0.15) is 0 Å². The predicted molar refractivity (Wildman–Crippen MR) is 88.7 cm³/mol. The normalized spacial score (nSPS) is 10.7. The van der Waals surface area contributed by atoms with Crippen molar-refractivity contribution in [2.24, 2.45) is 0 Å². The second kappa shape index (κ2) is 6.62. The lowest BCUT2D eigenvalue weighted by Crippen LogP contribution is -2.12. The van der Waals surface area contributed by atoms with Crippen LogP contribution in [0, 0.1) is 0 Å². The molecule has 0 aliphatic carbocycles. The van der Waals surface area contributed by atoms with Gasteiger partial charge in [-0.05, 0) is 30.5 Å². The summed E-state index contributed by atoms with van der Waals surface area (Å²) in [7, 11) is 0. The van der Waals surface area contributed by atoms with Crippen LogP contribution in [-0.4, -0.2) is 28.5 Å². The third kappa shape index (κ3) is 3.57. The van der Waals surface area contributed by atoms with Crippen molar-refractivity contribution in [3.05, 3.63) is 47.1 Å². The number of nitrogens with zero attached hydrogens (tertiary/aromatic N) is 1. The fourth-order valence-corrected chi connectivity index (χ4v) is 2.87. The van der Waals surface area contributed by atoms with Crippen LogP contribution in [0.25, 0.3) is 10.9 Å². The van der Waals surface area contributed by atoms with Crippen LogP contribution in [0.15, 0.2) is 35.8 Å². The first-order valence-corrected chi connectivity index (χ1v) is 8.02. The first-order valence-electron chi connectivity index (χ1n) is 7.14. The van der Waals surface area contributed by atoms with Gasteiger partial charge in [-0.3, -0.25) is 14.9 Å². The Morgan fingerprint density at radius 1 is 1.35 bits per heavy atom. The van der Waals surface area contributed by atoms with Crippen LogP contribution >= 0.6 is 11.3 Å². The monoisotopic (exact) mass is 329 g/mol. The molecule has 2 N–H and O–H groups in total. The van der Waals surface area contributed by atoms with Crippen molar-refractivity contribution in [3.63, 3.8) is 0 Å². The van der Waals surface area contributed by atoms with E-state index in [2.05, 4.69) is 15.3 Å². The van der Waals surface area contributed by atoms with E-state index in [-0.39, 0.29) is 18.3 Å². The first-order chi connectivity index (χ1) is 11.2. The molecule has 0 atom stereocenters. The SMILES string of the molecule is CCOC(=O)Cc1csc(NC(=O)c2ccc3cc[nH]c3c2)n1. The van der Waals surface area contributed by atoms with Gasteiger partial charge in [0.25, 0.3) is 5.91 Å². The van der Waals surface area contributed by atoms with E-state index in [4.69, 9.17) is 4.74 Å². The Labute approximate surface area is 136 Å². The smallest absolute Gasteiger partial charge is 0.311 e. The Morgan fingerprint density at radius 2 is 2.22 bits per heavy atom. The Kier molecular flexibility index (Phi) is 4.38. The molecule has 0 spiro atoms. The minimum Gasteiger partial charge on any atom is -0.466 e. The molecule has 3 rings (SSSR count).